The number of para-hydroxylation sites is 1. The van der Waals surface area contributed by atoms with Gasteiger partial charge in [-0.1, -0.05) is 18.2 Å². The summed E-state index contributed by atoms with van der Waals surface area (Å²) in [6.07, 6.45) is 2.38. The molecule has 1 aliphatic heterocycles. The van der Waals surface area contributed by atoms with Crippen molar-refractivity contribution in [2.45, 2.75) is 38.8 Å². The molecule has 0 radical (unpaired) electrons. The number of fused-ring (bicyclic) bond motifs is 1. The predicted molar refractivity (Wildman–Crippen MR) is 85.3 cm³/mol. The number of hydrogen-bond acceptors (Lipinski definition) is 5. The van der Waals surface area contributed by atoms with Gasteiger partial charge in [-0.2, -0.15) is 0 Å². The molecule has 116 valence electrons. The normalized spacial score (nSPS) is 19.0. The Hall–Kier alpha value is -2.30. The van der Waals surface area contributed by atoms with E-state index in [1.165, 1.54) is 6.33 Å². The van der Waals surface area contributed by atoms with Crippen molar-refractivity contribution in [1.29, 1.82) is 0 Å². The molecule has 22 heavy (non-hydrogen) atoms. The van der Waals surface area contributed by atoms with Gasteiger partial charge in [-0.25, -0.2) is 9.97 Å². The van der Waals surface area contributed by atoms with Crippen molar-refractivity contribution in [2.75, 3.05) is 11.9 Å². The van der Waals surface area contributed by atoms with Gasteiger partial charge in [0, 0.05) is 18.1 Å². The number of benzene rings is 1. The largest absolute Gasteiger partial charge is 0.487 e. The maximum absolute atomic E-state index is 6.05. The van der Waals surface area contributed by atoms with Gasteiger partial charge in [-0.05, 0) is 26.8 Å². The zero-order chi connectivity index (χ0) is 15.6. The molecule has 0 fully saturated rings. The van der Waals surface area contributed by atoms with Gasteiger partial charge in [0.05, 0.1) is 12.6 Å². The average Bonchev–Trinajstić information content (AvgIpc) is 2.47. The van der Waals surface area contributed by atoms with Crippen LogP contribution in [0, 0.1) is 0 Å². The first-order valence-corrected chi connectivity index (χ1v) is 7.57. The highest BCUT2D eigenvalue weighted by Crippen LogP contribution is 2.40. The third kappa shape index (κ3) is 3.13. The Labute approximate surface area is 130 Å². The molecule has 2 aromatic rings. The third-order valence-corrected chi connectivity index (χ3v) is 3.63. The standard InChI is InChI=1S/C17H21N3O2/c1-4-21-16-9-15(18-11-19-16)20-13-10-17(2,3)22-14-8-6-5-7-12(13)14/h5-9,11,13H,4,10H2,1-3H3,(H,18,19,20). The smallest absolute Gasteiger partial charge is 0.218 e. The van der Waals surface area contributed by atoms with E-state index in [0.29, 0.717) is 12.5 Å². The third-order valence-electron chi connectivity index (χ3n) is 3.63. The van der Waals surface area contributed by atoms with E-state index in [2.05, 4.69) is 35.2 Å². The SMILES string of the molecule is CCOc1cc(NC2CC(C)(C)Oc3ccccc32)ncn1. The second-order valence-electron chi connectivity index (χ2n) is 5.98. The van der Waals surface area contributed by atoms with Crippen LogP contribution in [-0.2, 0) is 0 Å². The highest BCUT2D eigenvalue weighted by atomic mass is 16.5. The second-order valence-corrected chi connectivity index (χ2v) is 5.98. The van der Waals surface area contributed by atoms with Crippen molar-refractivity contribution in [2.24, 2.45) is 0 Å². The summed E-state index contributed by atoms with van der Waals surface area (Å²) in [7, 11) is 0. The zero-order valence-corrected chi connectivity index (χ0v) is 13.2. The number of anilines is 1. The summed E-state index contributed by atoms with van der Waals surface area (Å²) in [5, 5.41) is 3.48. The first-order chi connectivity index (χ1) is 10.6. The first-order valence-electron chi connectivity index (χ1n) is 7.57. The van der Waals surface area contributed by atoms with Crippen LogP contribution in [0.3, 0.4) is 0 Å². The number of rotatable bonds is 4. The fraction of sp³-hybridized carbons (Fsp3) is 0.412. The lowest BCUT2D eigenvalue weighted by molar-refractivity contribution is 0.0758. The van der Waals surface area contributed by atoms with Crippen LogP contribution in [0.2, 0.25) is 0 Å². The highest BCUT2D eigenvalue weighted by Gasteiger charge is 2.33. The molecule has 3 rings (SSSR count). The van der Waals surface area contributed by atoms with Crippen LogP contribution in [0.25, 0.3) is 0 Å². The second kappa shape index (κ2) is 5.83. The van der Waals surface area contributed by atoms with Gasteiger partial charge in [0.25, 0.3) is 0 Å². The Bertz CT molecular complexity index is 658. The van der Waals surface area contributed by atoms with Crippen molar-refractivity contribution < 1.29 is 9.47 Å². The minimum Gasteiger partial charge on any atom is -0.487 e. The quantitative estimate of drug-likeness (QED) is 0.935. The molecule has 1 N–H and O–H groups in total. The van der Waals surface area contributed by atoms with Gasteiger partial charge >= 0.3 is 0 Å². The summed E-state index contributed by atoms with van der Waals surface area (Å²) in [5.41, 5.74) is 0.931. The molecule has 5 nitrogen and oxygen atoms in total. The van der Waals surface area contributed by atoms with Crippen LogP contribution < -0.4 is 14.8 Å². The molecule has 0 saturated carbocycles. The monoisotopic (exact) mass is 299 g/mol. The highest BCUT2D eigenvalue weighted by molar-refractivity contribution is 5.46. The van der Waals surface area contributed by atoms with E-state index in [0.717, 1.165) is 23.6 Å². The van der Waals surface area contributed by atoms with E-state index in [4.69, 9.17) is 9.47 Å². The molecular weight excluding hydrogens is 278 g/mol. The molecule has 2 heterocycles. The van der Waals surface area contributed by atoms with Crippen molar-refractivity contribution in [1.82, 2.24) is 9.97 Å². The van der Waals surface area contributed by atoms with Crippen LogP contribution in [0.4, 0.5) is 5.82 Å². The fourth-order valence-electron chi connectivity index (χ4n) is 2.75. The molecule has 1 aromatic carbocycles. The zero-order valence-electron chi connectivity index (χ0n) is 13.2. The molecule has 0 aliphatic carbocycles. The Morgan fingerprint density at radius 3 is 2.95 bits per heavy atom. The molecule has 0 saturated heterocycles. The molecule has 0 amide bonds. The van der Waals surface area contributed by atoms with Gasteiger partial charge in [-0.15, -0.1) is 0 Å². The Balaban J connectivity index is 1.87. The maximum Gasteiger partial charge on any atom is 0.218 e. The first kappa shape index (κ1) is 14.6. The molecule has 1 atom stereocenters. The minimum atomic E-state index is -0.220. The van der Waals surface area contributed by atoms with Crippen LogP contribution in [0.1, 0.15) is 38.8 Å². The molecule has 0 bridgehead atoms. The molecule has 1 aliphatic rings. The lowest BCUT2D eigenvalue weighted by atomic mass is 9.90. The van der Waals surface area contributed by atoms with Crippen molar-refractivity contribution >= 4 is 5.82 Å². The lowest BCUT2D eigenvalue weighted by Crippen LogP contribution is -2.37. The van der Waals surface area contributed by atoms with Crippen LogP contribution in [-0.4, -0.2) is 22.2 Å². The van der Waals surface area contributed by atoms with Gasteiger partial charge in [0.15, 0.2) is 0 Å². The average molecular weight is 299 g/mol. The fourth-order valence-corrected chi connectivity index (χ4v) is 2.75. The van der Waals surface area contributed by atoms with Crippen molar-refractivity contribution in [3.63, 3.8) is 0 Å². The number of nitrogens with zero attached hydrogens (tertiary/aromatic N) is 2. The van der Waals surface area contributed by atoms with Crippen LogP contribution >= 0.6 is 0 Å². The van der Waals surface area contributed by atoms with Crippen LogP contribution in [0.15, 0.2) is 36.7 Å². The van der Waals surface area contributed by atoms with Crippen molar-refractivity contribution in [3.8, 4) is 11.6 Å². The van der Waals surface area contributed by atoms with E-state index >= 15 is 0 Å². The predicted octanol–water partition coefficient (Wildman–Crippen LogP) is 3.59. The topological polar surface area (TPSA) is 56.3 Å². The summed E-state index contributed by atoms with van der Waals surface area (Å²) < 4.78 is 11.5. The van der Waals surface area contributed by atoms with Crippen molar-refractivity contribution in [3.05, 3.63) is 42.2 Å². The summed E-state index contributed by atoms with van der Waals surface area (Å²) in [6.45, 7) is 6.72. The van der Waals surface area contributed by atoms with E-state index in [9.17, 15) is 0 Å². The number of ether oxygens (including phenoxy) is 2. The molecule has 1 aromatic heterocycles. The Morgan fingerprint density at radius 2 is 2.14 bits per heavy atom. The molecule has 1 unspecified atom stereocenters. The maximum atomic E-state index is 6.05. The minimum absolute atomic E-state index is 0.143. The van der Waals surface area contributed by atoms with E-state index in [-0.39, 0.29) is 11.6 Å². The lowest BCUT2D eigenvalue weighted by Gasteiger charge is -2.38. The van der Waals surface area contributed by atoms with Gasteiger partial charge in [-0.3, -0.25) is 0 Å². The molecule has 0 spiro atoms. The molecular formula is C17H21N3O2. The summed E-state index contributed by atoms with van der Waals surface area (Å²) in [5.74, 6) is 2.27. The number of hydrogen-bond donors (Lipinski definition) is 1. The van der Waals surface area contributed by atoms with E-state index in [1.54, 1.807) is 0 Å². The molecule has 5 heteroatoms. The van der Waals surface area contributed by atoms with E-state index < -0.39 is 0 Å². The summed E-state index contributed by atoms with van der Waals surface area (Å²) in [6, 6.07) is 10.1. The Kier molecular flexibility index (Phi) is 3.88. The van der Waals surface area contributed by atoms with Crippen LogP contribution in [0.5, 0.6) is 11.6 Å². The van der Waals surface area contributed by atoms with E-state index in [1.807, 2.05) is 31.2 Å². The van der Waals surface area contributed by atoms with Gasteiger partial charge < -0.3 is 14.8 Å². The number of aromatic nitrogens is 2. The summed E-state index contributed by atoms with van der Waals surface area (Å²) in [4.78, 5) is 8.39. The summed E-state index contributed by atoms with van der Waals surface area (Å²) >= 11 is 0. The Morgan fingerprint density at radius 1 is 1.32 bits per heavy atom. The number of nitrogens with one attached hydrogen (secondary N) is 1. The van der Waals surface area contributed by atoms with Gasteiger partial charge in [0.1, 0.15) is 23.5 Å². The van der Waals surface area contributed by atoms with Gasteiger partial charge in [0.2, 0.25) is 5.88 Å².